The number of carbonyl (C=O) groups is 1. The molecule has 0 radical (unpaired) electrons. The summed E-state index contributed by atoms with van der Waals surface area (Å²) in [5.41, 5.74) is 1.29. The third-order valence-corrected chi connectivity index (χ3v) is 5.53. The fraction of sp³-hybridized carbons (Fsp3) is 0.235. The van der Waals surface area contributed by atoms with E-state index in [1.807, 2.05) is 0 Å². The lowest BCUT2D eigenvalue weighted by molar-refractivity contribution is -0.386. The summed E-state index contributed by atoms with van der Waals surface area (Å²) in [4.78, 5) is 23.5. The van der Waals surface area contributed by atoms with Crippen LogP contribution in [0.4, 0.5) is 15.8 Å². The Hall–Kier alpha value is -2.60. The number of halogens is 3. The van der Waals surface area contributed by atoms with E-state index < -0.39 is 16.6 Å². The third-order valence-electron chi connectivity index (χ3n) is 4.28. The lowest BCUT2D eigenvalue weighted by Crippen LogP contribution is -2.17. The zero-order valence-electron chi connectivity index (χ0n) is 15.4. The standard InChI is InChI=1S/C17H14Br2FN5O4/c1-7-16(25(27)28)8(2)24(22-7)6-11-9(3)29-23-14(11)17(26)21-15-12(18)4-10(20)5-13(15)19/h4-5H,6H2,1-3H3,(H,21,26). The van der Waals surface area contributed by atoms with Gasteiger partial charge in [0.15, 0.2) is 5.69 Å². The molecule has 0 saturated carbocycles. The van der Waals surface area contributed by atoms with Crippen molar-refractivity contribution in [1.29, 1.82) is 0 Å². The molecule has 2 heterocycles. The maximum atomic E-state index is 13.4. The van der Waals surface area contributed by atoms with Gasteiger partial charge in [-0.3, -0.25) is 19.6 Å². The first-order valence-corrected chi connectivity index (χ1v) is 9.78. The third kappa shape index (κ3) is 4.08. The van der Waals surface area contributed by atoms with Crippen molar-refractivity contribution in [2.75, 3.05) is 5.32 Å². The van der Waals surface area contributed by atoms with Crippen LogP contribution < -0.4 is 5.32 Å². The number of hydrogen-bond donors (Lipinski definition) is 1. The topological polar surface area (TPSA) is 116 Å². The van der Waals surface area contributed by atoms with Gasteiger partial charge in [0.2, 0.25) is 0 Å². The monoisotopic (exact) mass is 529 g/mol. The highest BCUT2D eigenvalue weighted by molar-refractivity contribution is 9.11. The summed E-state index contributed by atoms with van der Waals surface area (Å²) in [5.74, 6) is -0.686. The maximum Gasteiger partial charge on any atom is 0.312 e. The molecule has 1 amide bonds. The number of nitrogens with zero attached hydrogens (tertiary/aromatic N) is 4. The molecule has 0 bridgehead atoms. The number of nitro groups is 1. The fourth-order valence-electron chi connectivity index (χ4n) is 2.85. The van der Waals surface area contributed by atoms with Crippen LogP contribution in [0, 0.1) is 36.7 Å². The van der Waals surface area contributed by atoms with Gasteiger partial charge in [0.25, 0.3) is 5.91 Å². The molecule has 2 aromatic heterocycles. The first kappa shape index (κ1) is 21.1. The van der Waals surface area contributed by atoms with E-state index in [1.54, 1.807) is 20.8 Å². The molecule has 0 spiro atoms. The molecule has 0 aliphatic rings. The van der Waals surface area contributed by atoms with E-state index >= 15 is 0 Å². The molecular formula is C17H14Br2FN5O4. The van der Waals surface area contributed by atoms with Crippen LogP contribution in [0.25, 0.3) is 0 Å². The van der Waals surface area contributed by atoms with Crippen molar-refractivity contribution in [3.63, 3.8) is 0 Å². The maximum absolute atomic E-state index is 13.4. The number of hydrogen-bond acceptors (Lipinski definition) is 6. The van der Waals surface area contributed by atoms with E-state index in [9.17, 15) is 19.3 Å². The van der Waals surface area contributed by atoms with Crippen LogP contribution in [-0.2, 0) is 6.54 Å². The molecule has 0 saturated heterocycles. The van der Waals surface area contributed by atoms with E-state index in [1.165, 1.54) is 16.8 Å². The van der Waals surface area contributed by atoms with E-state index in [0.29, 0.717) is 31.7 Å². The summed E-state index contributed by atoms with van der Waals surface area (Å²) in [7, 11) is 0. The average Bonchev–Trinajstić information content (AvgIpc) is 3.11. The molecule has 0 unspecified atom stereocenters. The smallest absolute Gasteiger partial charge is 0.312 e. The molecule has 12 heteroatoms. The van der Waals surface area contributed by atoms with Crippen molar-refractivity contribution in [2.24, 2.45) is 0 Å². The van der Waals surface area contributed by atoms with Crippen LogP contribution in [0.15, 0.2) is 25.6 Å². The number of rotatable bonds is 5. The van der Waals surface area contributed by atoms with Gasteiger partial charge in [-0.15, -0.1) is 0 Å². The van der Waals surface area contributed by atoms with E-state index in [4.69, 9.17) is 4.52 Å². The van der Waals surface area contributed by atoms with E-state index in [-0.39, 0.29) is 23.6 Å². The zero-order valence-corrected chi connectivity index (χ0v) is 18.6. The Morgan fingerprint density at radius 3 is 2.48 bits per heavy atom. The predicted molar refractivity (Wildman–Crippen MR) is 108 cm³/mol. The SMILES string of the molecule is Cc1nn(Cc2c(C(=O)Nc3c(Br)cc(F)cc3Br)noc2C)c(C)c1[N+](=O)[O-]. The lowest BCUT2D eigenvalue weighted by atomic mass is 10.1. The van der Waals surface area contributed by atoms with Gasteiger partial charge < -0.3 is 9.84 Å². The van der Waals surface area contributed by atoms with Crippen molar-refractivity contribution in [3.05, 3.63) is 65.4 Å². The van der Waals surface area contributed by atoms with Crippen molar-refractivity contribution in [1.82, 2.24) is 14.9 Å². The van der Waals surface area contributed by atoms with Gasteiger partial charge in [-0.05, 0) is 64.8 Å². The van der Waals surface area contributed by atoms with Gasteiger partial charge in [-0.1, -0.05) is 5.16 Å². The Balaban J connectivity index is 1.94. The number of anilines is 1. The highest BCUT2D eigenvalue weighted by Gasteiger charge is 2.26. The van der Waals surface area contributed by atoms with Crippen LogP contribution in [0.3, 0.4) is 0 Å². The molecule has 152 valence electrons. The predicted octanol–water partition coefficient (Wildman–Crippen LogP) is 4.67. The second-order valence-corrected chi connectivity index (χ2v) is 7.91. The summed E-state index contributed by atoms with van der Waals surface area (Å²) in [6.45, 7) is 4.81. The number of aryl methyl sites for hydroxylation is 2. The Labute approximate surface area is 180 Å². The molecule has 0 aliphatic carbocycles. The van der Waals surface area contributed by atoms with Crippen molar-refractivity contribution in [2.45, 2.75) is 27.3 Å². The lowest BCUT2D eigenvalue weighted by Gasteiger charge is -2.10. The largest absolute Gasteiger partial charge is 0.361 e. The van der Waals surface area contributed by atoms with Gasteiger partial charge in [-0.2, -0.15) is 5.10 Å². The summed E-state index contributed by atoms with van der Waals surface area (Å²) in [6, 6.07) is 2.43. The van der Waals surface area contributed by atoms with Gasteiger partial charge in [0.05, 0.1) is 17.2 Å². The fourth-order valence-corrected chi connectivity index (χ4v) is 4.17. The molecule has 3 aromatic rings. The summed E-state index contributed by atoms with van der Waals surface area (Å²) in [6.07, 6.45) is 0. The van der Waals surface area contributed by atoms with Crippen molar-refractivity contribution < 1.29 is 18.6 Å². The molecular weight excluding hydrogens is 517 g/mol. The Morgan fingerprint density at radius 1 is 1.31 bits per heavy atom. The van der Waals surface area contributed by atoms with E-state index in [0.717, 1.165) is 0 Å². The highest BCUT2D eigenvalue weighted by Crippen LogP contribution is 2.33. The normalized spacial score (nSPS) is 11.0. The molecule has 0 aliphatic heterocycles. The van der Waals surface area contributed by atoms with Gasteiger partial charge in [-0.25, -0.2) is 4.39 Å². The van der Waals surface area contributed by atoms with Gasteiger partial charge in [0, 0.05) is 14.5 Å². The molecule has 3 rings (SSSR count). The minimum Gasteiger partial charge on any atom is -0.361 e. The summed E-state index contributed by atoms with van der Waals surface area (Å²) < 4.78 is 20.7. The molecule has 9 nitrogen and oxygen atoms in total. The van der Waals surface area contributed by atoms with Crippen LogP contribution in [0.5, 0.6) is 0 Å². The van der Waals surface area contributed by atoms with Gasteiger partial charge >= 0.3 is 5.69 Å². The Morgan fingerprint density at radius 2 is 1.93 bits per heavy atom. The molecule has 29 heavy (non-hydrogen) atoms. The Kier molecular flexibility index (Phi) is 5.85. The molecule has 1 N–H and O–H groups in total. The number of carbonyl (C=O) groups excluding carboxylic acids is 1. The van der Waals surface area contributed by atoms with E-state index in [2.05, 4.69) is 47.4 Å². The second kappa shape index (κ2) is 8.03. The summed E-state index contributed by atoms with van der Waals surface area (Å²) in [5, 5.41) is 21.9. The highest BCUT2D eigenvalue weighted by atomic mass is 79.9. The number of nitrogens with one attached hydrogen (secondary N) is 1. The first-order chi connectivity index (χ1) is 13.6. The molecule has 1 aromatic carbocycles. The Bertz CT molecular complexity index is 1120. The van der Waals surface area contributed by atoms with Crippen LogP contribution in [-0.4, -0.2) is 25.8 Å². The van der Waals surface area contributed by atoms with Crippen molar-refractivity contribution in [3.8, 4) is 0 Å². The van der Waals surface area contributed by atoms with Crippen LogP contribution >= 0.6 is 31.9 Å². The summed E-state index contributed by atoms with van der Waals surface area (Å²) >= 11 is 6.41. The van der Waals surface area contributed by atoms with Crippen LogP contribution in [0.2, 0.25) is 0 Å². The number of amides is 1. The van der Waals surface area contributed by atoms with Gasteiger partial charge in [0.1, 0.15) is 23.0 Å². The minimum atomic E-state index is -0.583. The quantitative estimate of drug-likeness (QED) is 0.378. The first-order valence-electron chi connectivity index (χ1n) is 8.19. The average molecular weight is 531 g/mol. The number of aromatic nitrogens is 3. The van der Waals surface area contributed by atoms with Crippen molar-refractivity contribution >= 4 is 49.1 Å². The minimum absolute atomic E-state index is 0.000770. The zero-order chi connectivity index (χ0) is 21.5. The number of benzene rings is 1. The van der Waals surface area contributed by atoms with Crippen LogP contribution in [0.1, 0.15) is 33.2 Å². The molecule has 0 fully saturated rings. The second-order valence-electron chi connectivity index (χ2n) is 6.20. The molecule has 0 atom stereocenters.